The molecule has 3 aromatic rings. The molecule has 8 nitrogen and oxygen atoms in total. The number of rotatable bonds is 7. The van der Waals surface area contributed by atoms with E-state index in [0.29, 0.717) is 45.2 Å². The summed E-state index contributed by atoms with van der Waals surface area (Å²) in [5.41, 5.74) is 2.78. The van der Waals surface area contributed by atoms with E-state index in [2.05, 4.69) is 46.0 Å². The summed E-state index contributed by atoms with van der Waals surface area (Å²) in [4.78, 5) is 28.4. The molecule has 4 aliphatic heterocycles. The predicted molar refractivity (Wildman–Crippen MR) is 163 cm³/mol. The second kappa shape index (κ2) is 11.0. The molecule has 1 N–H and O–H groups in total. The van der Waals surface area contributed by atoms with Crippen LogP contribution >= 0.6 is 11.6 Å². The SMILES string of the molecule is C=CC(=O)N1CC[C@H](Nc2nc(OC[C@@]34CCCN3C[C@H](F)C4)nc3c2CCN(c2cccc4cccc(Cl)c24)C3)C1. The molecule has 3 saturated heterocycles. The standard InChI is InChI=1S/C32H36ClFN6O2/c1-2-28(41)39-14-10-23(18-39)35-30-24-11-15-38(27-9-4-7-21-6-3-8-25(33)29(21)27)19-26(24)36-31(37-30)42-20-32-12-5-13-40(32)17-22(34)16-32/h2-4,6-9,22-23H,1,5,10-20H2,(H,35,36,37)/t22-,23+,32+/m1/s1. The summed E-state index contributed by atoms with van der Waals surface area (Å²) in [5, 5.41) is 6.49. The van der Waals surface area contributed by atoms with Gasteiger partial charge in [-0.1, -0.05) is 42.4 Å². The van der Waals surface area contributed by atoms with Crippen molar-refractivity contribution in [2.75, 3.05) is 49.5 Å². The van der Waals surface area contributed by atoms with Gasteiger partial charge in [-0.25, -0.2) is 4.39 Å². The number of nitrogens with one attached hydrogen (secondary N) is 1. The minimum Gasteiger partial charge on any atom is -0.461 e. The Morgan fingerprint density at radius 3 is 2.90 bits per heavy atom. The van der Waals surface area contributed by atoms with Crippen molar-refractivity contribution in [3.63, 3.8) is 0 Å². The Balaban J connectivity index is 1.19. The molecule has 0 spiro atoms. The monoisotopic (exact) mass is 590 g/mol. The van der Waals surface area contributed by atoms with Gasteiger partial charge in [0.05, 0.1) is 22.8 Å². The number of amides is 1. The van der Waals surface area contributed by atoms with E-state index in [1.54, 1.807) is 0 Å². The van der Waals surface area contributed by atoms with Crippen molar-refractivity contribution >= 4 is 39.8 Å². The number of hydrogen-bond acceptors (Lipinski definition) is 7. The first-order valence-corrected chi connectivity index (χ1v) is 15.3. The molecule has 0 saturated carbocycles. The molecule has 42 heavy (non-hydrogen) atoms. The predicted octanol–water partition coefficient (Wildman–Crippen LogP) is 5.00. The van der Waals surface area contributed by atoms with Crippen LogP contribution in [0.4, 0.5) is 15.9 Å². The minimum atomic E-state index is -0.819. The van der Waals surface area contributed by atoms with Gasteiger partial charge < -0.3 is 19.9 Å². The molecule has 3 fully saturated rings. The van der Waals surface area contributed by atoms with Crippen LogP contribution in [0.3, 0.4) is 0 Å². The number of benzene rings is 2. The molecule has 4 aliphatic rings. The van der Waals surface area contributed by atoms with Gasteiger partial charge in [0, 0.05) is 55.3 Å². The van der Waals surface area contributed by atoms with Gasteiger partial charge in [0.1, 0.15) is 18.6 Å². The molecule has 220 valence electrons. The molecule has 7 rings (SSSR count). The van der Waals surface area contributed by atoms with Crippen molar-refractivity contribution < 1.29 is 13.9 Å². The van der Waals surface area contributed by atoms with Gasteiger partial charge in [-0.3, -0.25) is 9.69 Å². The number of carbonyl (C=O) groups excluding carboxylic acids is 1. The van der Waals surface area contributed by atoms with Crippen LogP contribution in [-0.4, -0.2) is 82.8 Å². The highest BCUT2D eigenvalue weighted by Gasteiger charge is 2.49. The van der Waals surface area contributed by atoms with Crippen LogP contribution in [0, 0.1) is 0 Å². The highest BCUT2D eigenvalue weighted by Crippen LogP contribution is 2.41. The van der Waals surface area contributed by atoms with E-state index in [4.69, 9.17) is 26.3 Å². The number of nitrogens with zero attached hydrogens (tertiary/aromatic N) is 5. The molecule has 3 atom stereocenters. The van der Waals surface area contributed by atoms with Gasteiger partial charge in [0.2, 0.25) is 5.91 Å². The number of fused-ring (bicyclic) bond motifs is 3. The van der Waals surface area contributed by atoms with E-state index in [0.717, 1.165) is 77.3 Å². The number of halogens is 2. The zero-order valence-electron chi connectivity index (χ0n) is 23.7. The van der Waals surface area contributed by atoms with Gasteiger partial charge in [-0.2, -0.15) is 9.97 Å². The van der Waals surface area contributed by atoms with Crippen LogP contribution in [0.5, 0.6) is 6.01 Å². The lowest BCUT2D eigenvalue weighted by Gasteiger charge is -2.33. The lowest BCUT2D eigenvalue weighted by molar-refractivity contribution is -0.125. The summed E-state index contributed by atoms with van der Waals surface area (Å²) in [6.45, 7) is 8.04. The second-order valence-electron chi connectivity index (χ2n) is 12.0. The molecule has 5 heterocycles. The van der Waals surface area contributed by atoms with E-state index >= 15 is 0 Å². The topological polar surface area (TPSA) is 73.8 Å². The number of hydrogen-bond donors (Lipinski definition) is 1. The molecule has 0 radical (unpaired) electrons. The van der Waals surface area contributed by atoms with E-state index < -0.39 is 6.17 Å². The smallest absolute Gasteiger partial charge is 0.318 e. The maximum Gasteiger partial charge on any atom is 0.318 e. The number of carbonyl (C=O) groups is 1. The van der Waals surface area contributed by atoms with Crippen molar-refractivity contribution in [1.29, 1.82) is 0 Å². The van der Waals surface area contributed by atoms with Gasteiger partial charge >= 0.3 is 6.01 Å². The average molecular weight is 591 g/mol. The fourth-order valence-corrected chi connectivity index (χ4v) is 7.66. The van der Waals surface area contributed by atoms with Crippen molar-refractivity contribution in [3.8, 4) is 6.01 Å². The van der Waals surface area contributed by atoms with Crippen LogP contribution in [0.15, 0.2) is 49.1 Å². The highest BCUT2D eigenvalue weighted by atomic mass is 35.5. The molecular formula is C32H36ClFN6O2. The van der Waals surface area contributed by atoms with Crippen LogP contribution in [0.1, 0.15) is 36.9 Å². The Bertz CT molecular complexity index is 1530. The van der Waals surface area contributed by atoms with E-state index in [1.165, 1.54) is 6.08 Å². The highest BCUT2D eigenvalue weighted by molar-refractivity contribution is 6.36. The lowest BCUT2D eigenvalue weighted by Crippen LogP contribution is -2.43. The molecule has 1 aromatic heterocycles. The Morgan fingerprint density at radius 1 is 1.19 bits per heavy atom. The average Bonchev–Trinajstić information content (AvgIpc) is 3.69. The zero-order chi connectivity index (χ0) is 28.8. The van der Waals surface area contributed by atoms with Crippen LogP contribution in [-0.2, 0) is 17.8 Å². The Labute approximate surface area is 250 Å². The Kier molecular flexibility index (Phi) is 7.18. The van der Waals surface area contributed by atoms with Crippen molar-refractivity contribution in [1.82, 2.24) is 19.8 Å². The zero-order valence-corrected chi connectivity index (χ0v) is 24.5. The third-order valence-corrected chi connectivity index (χ3v) is 9.78. The Morgan fingerprint density at radius 2 is 2.05 bits per heavy atom. The largest absolute Gasteiger partial charge is 0.461 e. The summed E-state index contributed by atoms with van der Waals surface area (Å²) in [6, 6.07) is 12.6. The summed E-state index contributed by atoms with van der Waals surface area (Å²) in [7, 11) is 0. The lowest BCUT2D eigenvalue weighted by atomic mass is 9.95. The molecule has 1 amide bonds. The molecule has 2 aromatic carbocycles. The maximum atomic E-state index is 14.4. The third-order valence-electron chi connectivity index (χ3n) is 9.46. The van der Waals surface area contributed by atoms with Crippen LogP contribution in [0.25, 0.3) is 10.8 Å². The number of ether oxygens (including phenoxy) is 1. The van der Waals surface area contributed by atoms with Crippen LogP contribution in [0.2, 0.25) is 5.02 Å². The summed E-state index contributed by atoms with van der Waals surface area (Å²) in [6.07, 6.45) is 4.60. The van der Waals surface area contributed by atoms with Gasteiger partial charge in [0.25, 0.3) is 0 Å². The van der Waals surface area contributed by atoms with Crippen LogP contribution < -0.4 is 15.0 Å². The minimum absolute atomic E-state index is 0.0551. The molecule has 0 unspecified atom stereocenters. The number of anilines is 2. The number of alkyl halides is 1. The van der Waals surface area contributed by atoms with Gasteiger partial charge in [-0.05, 0) is 55.8 Å². The van der Waals surface area contributed by atoms with Gasteiger partial charge in [0.15, 0.2) is 0 Å². The summed E-state index contributed by atoms with van der Waals surface area (Å²) >= 11 is 6.68. The molecule has 0 bridgehead atoms. The van der Waals surface area contributed by atoms with E-state index in [1.807, 2.05) is 17.0 Å². The quantitative estimate of drug-likeness (QED) is 0.388. The maximum absolute atomic E-state index is 14.4. The summed E-state index contributed by atoms with van der Waals surface area (Å²) < 4.78 is 20.7. The molecule has 10 heteroatoms. The first kappa shape index (κ1) is 27.4. The van der Waals surface area contributed by atoms with Crippen molar-refractivity contribution in [2.24, 2.45) is 0 Å². The first-order valence-electron chi connectivity index (χ1n) is 14.9. The molecular weight excluding hydrogens is 555 g/mol. The fourth-order valence-electron chi connectivity index (χ4n) is 7.39. The van der Waals surface area contributed by atoms with E-state index in [9.17, 15) is 9.18 Å². The second-order valence-corrected chi connectivity index (χ2v) is 12.5. The first-order chi connectivity index (χ1) is 20.4. The van der Waals surface area contributed by atoms with E-state index in [-0.39, 0.29) is 17.5 Å². The van der Waals surface area contributed by atoms with Crippen molar-refractivity contribution in [3.05, 3.63) is 65.3 Å². The number of aromatic nitrogens is 2. The molecule has 0 aliphatic carbocycles. The summed E-state index contributed by atoms with van der Waals surface area (Å²) in [5.74, 6) is 0.708. The van der Waals surface area contributed by atoms with Gasteiger partial charge in [-0.15, -0.1) is 0 Å². The normalized spacial score (nSPS) is 25.5. The number of likely N-dealkylation sites (tertiary alicyclic amines) is 1. The Hall–Kier alpha value is -3.43. The third kappa shape index (κ3) is 4.96. The van der Waals surface area contributed by atoms with Crippen molar-refractivity contribution in [2.45, 2.75) is 56.4 Å². The fraction of sp³-hybridized carbons (Fsp3) is 0.469.